The maximum absolute atomic E-state index is 12.6. The van der Waals surface area contributed by atoms with Crippen LogP contribution in [0.4, 0.5) is 5.69 Å². The SMILES string of the molecule is COc1ccc2cc([C@H](C)C(=O)NSc3ccc(NC(C)=O)cc3)ccc2c1. The molecule has 0 heterocycles. The van der Waals surface area contributed by atoms with Crippen LogP contribution >= 0.6 is 11.9 Å². The third-order valence-electron chi connectivity index (χ3n) is 4.41. The lowest BCUT2D eigenvalue weighted by Crippen LogP contribution is -2.22. The minimum absolute atomic E-state index is 0.0659. The first kappa shape index (κ1) is 19.8. The topological polar surface area (TPSA) is 67.4 Å². The van der Waals surface area contributed by atoms with Gasteiger partial charge in [-0.3, -0.25) is 14.3 Å². The van der Waals surface area contributed by atoms with Gasteiger partial charge in [0.2, 0.25) is 11.8 Å². The standard InChI is InChI=1S/C22H22N2O3S/c1-14(16-4-5-18-13-20(27-3)9-6-17(18)12-16)22(26)24-28-21-10-7-19(8-11-21)23-15(2)25/h4-14H,1-3H3,(H,23,25)(H,24,26)/t14-/m0/s1. The average Bonchev–Trinajstić information content (AvgIpc) is 2.71. The summed E-state index contributed by atoms with van der Waals surface area (Å²) >= 11 is 1.26. The van der Waals surface area contributed by atoms with E-state index in [1.807, 2.05) is 55.5 Å². The number of ether oxygens (including phenoxy) is 1. The molecule has 1 atom stereocenters. The Hall–Kier alpha value is -2.99. The number of benzene rings is 3. The zero-order chi connectivity index (χ0) is 20.1. The van der Waals surface area contributed by atoms with Crippen LogP contribution in [0.15, 0.2) is 65.6 Å². The van der Waals surface area contributed by atoms with Crippen LogP contribution in [0.3, 0.4) is 0 Å². The molecule has 0 aliphatic rings. The van der Waals surface area contributed by atoms with Crippen molar-refractivity contribution in [2.75, 3.05) is 12.4 Å². The van der Waals surface area contributed by atoms with Gasteiger partial charge in [0.25, 0.3) is 0 Å². The smallest absolute Gasteiger partial charge is 0.237 e. The Kier molecular flexibility index (Phi) is 6.21. The molecule has 5 nitrogen and oxygen atoms in total. The van der Waals surface area contributed by atoms with E-state index in [0.29, 0.717) is 0 Å². The largest absolute Gasteiger partial charge is 0.497 e. The van der Waals surface area contributed by atoms with Crippen molar-refractivity contribution in [1.82, 2.24) is 4.72 Å². The van der Waals surface area contributed by atoms with Crippen molar-refractivity contribution in [2.45, 2.75) is 24.7 Å². The van der Waals surface area contributed by atoms with E-state index in [4.69, 9.17) is 4.74 Å². The maximum atomic E-state index is 12.6. The number of hydrogen-bond donors (Lipinski definition) is 2. The highest BCUT2D eigenvalue weighted by atomic mass is 32.2. The third-order valence-corrected chi connectivity index (χ3v) is 5.22. The quantitative estimate of drug-likeness (QED) is 0.593. The molecule has 0 aliphatic carbocycles. The monoisotopic (exact) mass is 394 g/mol. The van der Waals surface area contributed by atoms with Gasteiger partial charge in [-0.1, -0.05) is 24.3 Å². The molecule has 144 valence electrons. The Labute approximate surface area is 168 Å². The first-order valence-corrected chi connectivity index (χ1v) is 9.70. The molecular weight excluding hydrogens is 372 g/mol. The predicted molar refractivity (Wildman–Crippen MR) is 114 cm³/mol. The Morgan fingerprint density at radius 3 is 2.32 bits per heavy atom. The molecule has 0 aromatic heterocycles. The lowest BCUT2D eigenvalue weighted by atomic mass is 9.97. The fraction of sp³-hybridized carbons (Fsp3) is 0.182. The highest BCUT2D eigenvalue weighted by Crippen LogP contribution is 2.26. The van der Waals surface area contributed by atoms with Crippen LogP contribution in [-0.2, 0) is 9.59 Å². The molecule has 6 heteroatoms. The van der Waals surface area contributed by atoms with Gasteiger partial charge in [0.1, 0.15) is 5.75 Å². The number of carbonyl (C=O) groups is 2. The van der Waals surface area contributed by atoms with E-state index in [0.717, 1.165) is 32.7 Å². The zero-order valence-electron chi connectivity index (χ0n) is 16.0. The predicted octanol–water partition coefficient (Wildman–Crippen LogP) is 4.73. The summed E-state index contributed by atoms with van der Waals surface area (Å²) in [6, 6.07) is 19.2. The van der Waals surface area contributed by atoms with Crippen molar-refractivity contribution >= 4 is 40.2 Å². The molecule has 0 spiro atoms. The number of rotatable bonds is 6. The van der Waals surface area contributed by atoms with E-state index in [9.17, 15) is 9.59 Å². The number of carbonyl (C=O) groups excluding carboxylic acids is 2. The average molecular weight is 394 g/mol. The summed E-state index contributed by atoms with van der Waals surface area (Å²) in [6.45, 7) is 3.36. The second-order valence-electron chi connectivity index (χ2n) is 6.47. The lowest BCUT2D eigenvalue weighted by Gasteiger charge is -2.13. The Morgan fingerprint density at radius 2 is 1.64 bits per heavy atom. The molecule has 3 rings (SSSR count). The molecule has 28 heavy (non-hydrogen) atoms. The zero-order valence-corrected chi connectivity index (χ0v) is 16.8. The van der Waals surface area contributed by atoms with Crippen LogP contribution in [0.1, 0.15) is 25.3 Å². The Bertz CT molecular complexity index is 1000. The summed E-state index contributed by atoms with van der Waals surface area (Å²) in [7, 11) is 1.65. The highest BCUT2D eigenvalue weighted by molar-refractivity contribution is 7.98. The molecule has 0 bridgehead atoms. The van der Waals surface area contributed by atoms with E-state index in [-0.39, 0.29) is 17.7 Å². The van der Waals surface area contributed by atoms with Gasteiger partial charge in [0.15, 0.2) is 0 Å². The lowest BCUT2D eigenvalue weighted by molar-refractivity contribution is -0.120. The first-order chi connectivity index (χ1) is 13.5. The van der Waals surface area contributed by atoms with Crippen LogP contribution in [0.2, 0.25) is 0 Å². The molecule has 0 saturated heterocycles. The van der Waals surface area contributed by atoms with Crippen LogP contribution < -0.4 is 14.8 Å². The van der Waals surface area contributed by atoms with Crippen LogP contribution in [0.5, 0.6) is 5.75 Å². The molecule has 2 N–H and O–H groups in total. The van der Waals surface area contributed by atoms with Gasteiger partial charge in [-0.05, 0) is 71.6 Å². The molecule has 0 unspecified atom stereocenters. The molecule has 3 aromatic carbocycles. The molecular formula is C22H22N2O3S. The van der Waals surface area contributed by atoms with Gasteiger partial charge >= 0.3 is 0 Å². The van der Waals surface area contributed by atoms with Crippen molar-refractivity contribution in [1.29, 1.82) is 0 Å². The van der Waals surface area contributed by atoms with Crippen molar-refractivity contribution < 1.29 is 14.3 Å². The van der Waals surface area contributed by atoms with Crippen LogP contribution in [0.25, 0.3) is 10.8 Å². The van der Waals surface area contributed by atoms with Gasteiger partial charge in [-0.25, -0.2) is 0 Å². The fourth-order valence-corrected chi connectivity index (χ4v) is 3.46. The van der Waals surface area contributed by atoms with E-state index < -0.39 is 0 Å². The maximum Gasteiger partial charge on any atom is 0.237 e. The van der Waals surface area contributed by atoms with Gasteiger partial charge in [-0.15, -0.1) is 0 Å². The first-order valence-electron chi connectivity index (χ1n) is 8.88. The summed E-state index contributed by atoms with van der Waals surface area (Å²) < 4.78 is 8.15. The number of methoxy groups -OCH3 is 1. The second kappa shape index (κ2) is 8.80. The summed E-state index contributed by atoms with van der Waals surface area (Å²) in [5, 5.41) is 4.86. The van der Waals surface area contributed by atoms with Gasteiger partial charge in [-0.2, -0.15) is 0 Å². The summed E-state index contributed by atoms with van der Waals surface area (Å²) in [5.74, 6) is 0.352. The molecule has 2 amide bonds. The Balaban J connectivity index is 1.64. The van der Waals surface area contributed by atoms with Gasteiger partial charge < -0.3 is 10.1 Å². The molecule has 0 radical (unpaired) electrons. The third kappa shape index (κ3) is 4.84. The van der Waals surface area contributed by atoms with Crippen LogP contribution in [0, 0.1) is 0 Å². The van der Waals surface area contributed by atoms with Gasteiger partial charge in [0, 0.05) is 17.5 Å². The van der Waals surface area contributed by atoms with Crippen LogP contribution in [-0.4, -0.2) is 18.9 Å². The molecule has 3 aromatic rings. The minimum Gasteiger partial charge on any atom is -0.497 e. The van der Waals surface area contributed by atoms with Crippen molar-refractivity contribution in [3.8, 4) is 5.75 Å². The molecule has 0 aliphatic heterocycles. The van der Waals surface area contributed by atoms with E-state index in [1.54, 1.807) is 19.2 Å². The second-order valence-corrected chi connectivity index (χ2v) is 7.35. The van der Waals surface area contributed by atoms with Gasteiger partial charge in [0.05, 0.1) is 13.0 Å². The molecule has 0 saturated carbocycles. The van der Waals surface area contributed by atoms with E-state index in [1.165, 1.54) is 18.9 Å². The minimum atomic E-state index is -0.280. The number of fused-ring (bicyclic) bond motifs is 1. The summed E-state index contributed by atoms with van der Waals surface area (Å²) in [6.07, 6.45) is 0. The van der Waals surface area contributed by atoms with Crippen molar-refractivity contribution in [3.05, 3.63) is 66.2 Å². The normalized spacial score (nSPS) is 11.7. The number of hydrogen-bond acceptors (Lipinski definition) is 4. The van der Waals surface area contributed by atoms with Crippen molar-refractivity contribution in [3.63, 3.8) is 0 Å². The number of nitrogens with one attached hydrogen (secondary N) is 2. The summed E-state index contributed by atoms with van der Waals surface area (Å²) in [5.41, 5.74) is 1.68. The summed E-state index contributed by atoms with van der Waals surface area (Å²) in [4.78, 5) is 24.5. The number of amides is 2. The molecule has 0 fully saturated rings. The highest BCUT2D eigenvalue weighted by Gasteiger charge is 2.16. The van der Waals surface area contributed by atoms with Crippen molar-refractivity contribution in [2.24, 2.45) is 0 Å². The van der Waals surface area contributed by atoms with E-state index >= 15 is 0 Å². The number of anilines is 1. The Morgan fingerprint density at radius 1 is 0.964 bits per heavy atom. The fourth-order valence-electron chi connectivity index (χ4n) is 2.80. The van der Waals surface area contributed by atoms with E-state index in [2.05, 4.69) is 10.0 Å².